The number of carbonyl (C=O) groups is 1. The molecule has 0 saturated carbocycles. The molecule has 25 heavy (non-hydrogen) atoms. The van der Waals surface area contributed by atoms with Gasteiger partial charge in [0, 0.05) is 19.5 Å². The van der Waals surface area contributed by atoms with Gasteiger partial charge in [-0.3, -0.25) is 4.79 Å². The quantitative estimate of drug-likeness (QED) is 0.847. The normalized spacial score (nSPS) is 18.4. The summed E-state index contributed by atoms with van der Waals surface area (Å²) in [5.41, 5.74) is 0. The summed E-state index contributed by atoms with van der Waals surface area (Å²) >= 11 is 0. The van der Waals surface area contributed by atoms with E-state index in [0.29, 0.717) is 25.8 Å². The molecule has 2 heterocycles. The molecule has 1 atom stereocenters. The molecule has 134 valence electrons. The summed E-state index contributed by atoms with van der Waals surface area (Å²) < 4.78 is 44.9. The number of nitrogens with one attached hydrogen (secondary N) is 1. The fraction of sp³-hybridized carbons (Fsp3) is 0.353. The van der Waals surface area contributed by atoms with Crippen LogP contribution >= 0.6 is 0 Å². The van der Waals surface area contributed by atoms with E-state index in [1.54, 1.807) is 12.3 Å². The molecule has 1 saturated heterocycles. The van der Waals surface area contributed by atoms with Gasteiger partial charge in [0.25, 0.3) is 0 Å². The average Bonchev–Trinajstić information content (AvgIpc) is 3.27. The van der Waals surface area contributed by atoms with Gasteiger partial charge in [-0.1, -0.05) is 0 Å². The lowest BCUT2D eigenvalue weighted by atomic mass is 10.2. The molecule has 0 bridgehead atoms. The van der Waals surface area contributed by atoms with E-state index in [9.17, 15) is 17.6 Å². The highest BCUT2D eigenvalue weighted by Crippen LogP contribution is 2.26. The highest BCUT2D eigenvalue weighted by molar-refractivity contribution is 7.89. The molecule has 1 aliphatic heterocycles. The van der Waals surface area contributed by atoms with Crippen molar-refractivity contribution < 1.29 is 22.0 Å². The zero-order valence-electron chi connectivity index (χ0n) is 13.5. The van der Waals surface area contributed by atoms with Crippen molar-refractivity contribution in [2.24, 2.45) is 0 Å². The highest BCUT2D eigenvalue weighted by atomic mass is 32.2. The topological polar surface area (TPSA) is 79.6 Å². The molecule has 3 rings (SSSR count). The summed E-state index contributed by atoms with van der Waals surface area (Å²) in [7, 11) is -3.83. The summed E-state index contributed by atoms with van der Waals surface area (Å²) in [6, 6.07) is 7.47. The van der Waals surface area contributed by atoms with Crippen molar-refractivity contribution in [1.82, 2.24) is 9.62 Å². The molecule has 6 nitrogen and oxygen atoms in total. The van der Waals surface area contributed by atoms with E-state index in [1.807, 2.05) is 6.07 Å². The molecule has 0 aliphatic carbocycles. The molecule has 8 heteroatoms. The minimum atomic E-state index is -3.83. The second-order valence-electron chi connectivity index (χ2n) is 5.85. The molecule has 1 amide bonds. The molecule has 1 fully saturated rings. The first-order valence-corrected chi connectivity index (χ1v) is 9.50. The van der Waals surface area contributed by atoms with Crippen molar-refractivity contribution in [2.45, 2.75) is 30.2 Å². The Bertz CT molecular complexity index is 819. The van der Waals surface area contributed by atoms with Crippen LogP contribution in [0.5, 0.6) is 0 Å². The van der Waals surface area contributed by atoms with Crippen LogP contribution in [0.25, 0.3) is 0 Å². The fourth-order valence-corrected chi connectivity index (χ4v) is 4.57. The zero-order valence-corrected chi connectivity index (χ0v) is 14.3. The Morgan fingerprint density at radius 3 is 2.72 bits per heavy atom. The first-order chi connectivity index (χ1) is 12.0. The van der Waals surface area contributed by atoms with Crippen LogP contribution in [0.3, 0.4) is 0 Å². The fourth-order valence-electron chi connectivity index (χ4n) is 2.91. The third-order valence-electron chi connectivity index (χ3n) is 4.18. The van der Waals surface area contributed by atoms with E-state index in [-0.39, 0.29) is 17.3 Å². The SMILES string of the molecule is O=C(NCCc1ccco1)C1CCCN1S(=O)(=O)c1ccc(F)cc1. The maximum Gasteiger partial charge on any atom is 0.243 e. The summed E-state index contributed by atoms with van der Waals surface area (Å²) in [5, 5.41) is 2.76. The number of benzene rings is 1. The van der Waals surface area contributed by atoms with Gasteiger partial charge in [-0.05, 0) is 49.2 Å². The number of hydrogen-bond donors (Lipinski definition) is 1. The average molecular weight is 366 g/mol. The van der Waals surface area contributed by atoms with Gasteiger partial charge in [0.15, 0.2) is 0 Å². The summed E-state index contributed by atoms with van der Waals surface area (Å²) in [5.74, 6) is -0.0788. The Labute approximate surface area is 145 Å². The van der Waals surface area contributed by atoms with E-state index >= 15 is 0 Å². The standard InChI is InChI=1S/C17H19FN2O4S/c18-13-5-7-15(8-6-13)25(22,23)20-11-1-4-16(20)17(21)19-10-9-14-3-2-12-24-14/h2-3,5-8,12,16H,1,4,9-11H2,(H,19,21). The summed E-state index contributed by atoms with van der Waals surface area (Å²) in [6.45, 7) is 0.642. The van der Waals surface area contributed by atoms with Gasteiger partial charge >= 0.3 is 0 Å². The van der Waals surface area contributed by atoms with Gasteiger partial charge < -0.3 is 9.73 Å². The Balaban J connectivity index is 1.66. The first-order valence-electron chi connectivity index (χ1n) is 8.06. The molecule has 1 aliphatic rings. The van der Waals surface area contributed by atoms with Gasteiger partial charge in [-0.25, -0.2) is 12.8 Å². The molecule has 1 unspecified atom stereocenters. The van der Waals surface area contributed by atoms with Gasteiger partial charge in [-0.15, -0.1) is 0 Å². The molecule has 1 aromatic carbocycles. The minimum Gasteiger partial charge on any atom is -0.469 e. The summed E-state index contributed by atoms with van der Waals surface area (Å²) in [6.07, 6.45) is 3.17. The highest BCUT2D eigenvalue weighted by Gasteiger charge is 2.39. The van der Waals surface area contributed by atoms with Gasteiger partial charge in [0.1, 0.15) is 17.6 Å². The number of rotatable bonds is 6. The van der Waals surface area contributed by atoms with Crippen LogP contribution in [0.2, 0.25) is 0 Å². The Morgan fingerprint density at radius 1 is 1.28 bits per heavy atom. The molecule has 0 spiro atoms. The van der Waals surface area contributed by atoms with Crippen molar-refractivity contribution in [1.29, 1.82) is 0 Å². The van der Waals surface area contributed by atoms with Crippen LogP contribution in [-0.2, 0) is 21.2 Å². The molecule has 2 aromatic rings. The number of amides is 1. The Hall–Kier alpha value is -2.19. The zero-order chi connectivity index (χ0) is 17.9. The Morgan fingerprint density at radius 2 is 2.04 bits per heavy atom. The monoisotopic (exact) mass is 366 g/mol. The van der Waals surface area contributed by atoms with Crippen molar-refractivity contribution in [2.75, 3.05) is 13.1 Å². The van der Waals surface area contributed by atoms with Crippen molar-refractivity contribution in [3.8, 4) is 0 Å². The lowest BCUT2D eigenvalue weighted by molar-refractivity contribution is -0.124. The van der Waals surface area contributed by atoms with Crippen molar-refractivity contribution in [3.05, 3.63) is 54.2 Å². The van der Waals surface area contributed by atoms with E-state index < -0.39 is 21.9 Å². The van der Waals surface area contributed by atoms with Gasteiger partial charge in [-0.2, -0.15) is 4.31 Å². The molecule has 1 aromatic heterocycles. The minimum absolute atomic E-state index is 0.0100. The lowest BCUT2D eigenvalue weighted by Crippen LogP contribution is -2.46. The largest absolute Gasteiger partial charge is 0.469 e. The van der Waals surface area contributed by atoms with E-state index in [4.69, 9.17) is 4.42 Å². The maximum absolute atomic E-state index is 13.0. The maximum atomic E-state index is 13.0. The summed E-state index contributed by atoms with van der Waals surface area (Å²) in [4.78, 5) is 12.4. The van der Waals surface area contributed by atoms with Crippen LogP contribution in [-0.4, -0.2) is 37.8 Å². The number of halogens is 1. The lowest BCUT2D eigenvalue weighted by Gasteiger charge is -2.23. The third kappa shape index (κ3) is 3.91. The molecule has 1 N–H and O–H groups in total. The first kappa shape index (κ1) is 17.6. The third-order valence-corrected chi connectivity index (χ3v) is 6.10. The van der Waals surface area contributed by atoms with Gasteiger partial charge in [0.05, 0.1) is 11.2 Å². The number of furan rings is 1. The molecular formula is C17H19FN2O4S. The second-order valence-corrected chi connectivity index (χ2v) is 7.74. The van der Waals surface area contributed by atoms with E-state index in [2.05, 4.69) is 5.32 Å². The van der Waals surface area contributed by atoms with Crippen LogP contribution < -0.4 is 5.32 Å². The number of sulfonamides is 1. The number of nitrogens with zero attached hydrogens (tertiary/aromatic N) is 1. The van der Waals surface area contributed by atoms with Crippen LogP contribution in [0, 0.1) is 5.82 Å². The molecule has 0 radical (unpaired) electrons. The number of carbonyl (C=O) groups excluding carboxylic acids is 1. The second kappa shape index (κ2) is 7.37. The van der Waals surface area contributed by atoms with Gasteiger partial charge in [0.2, 0.25) is 15.9 Å². The predicted octanol–water partition coefficient (Wildman–Crippen LogP) is 1.93. The van der Waals surface area contributed by atoms with E-state index in [1.165, 1.54) is 16.4 Å². The smallest absolute Gasteiger partial charge is 0.243 e. The van der Waals surface area contributed by atoms with Crippen LogP contribution in [0.4, 0.5) is 4.39 Å². The molecular weight excluding hydrogens is 347 g/mol. The predicted molar refractivity (Wildman–Crippen MR) is 88.7 cm³/mol. The van der Waals surface area contributed by atoms with Crippen molar-refractivity contribution in [3.63, 3.8) is 0 Å². The van der Waals surface area contributed by atoms with Crippen LogP contribution in [0.1, 0.15) is 18.6 Å². The Kier molecular flexibility index (Phi) is 5.19. The van der Waals surface area contributed by atoms with Crippen molar-refractivity contribution >= 4 is 15.9 Å². The number of hydrogen-bond acceptors (Lipinski definition) is 4. The van der Waals surface area contributed by atoms with E-state index in [0.717, 1.165) is 17.9 Å². The van der Waals surface area contributed by atoms with Crippen LogP contribution in [0.15, 0.2) is 52.0 Å².